The molecule has 0 bridgehead atoms. The molecule has 60 valence electrons. The van der Waals surface area contributed by atoms with Gasteiger partial charge in [0.1, 0.15) is 0 Å². The van der Waals surface area contributed by atoms with Crippen molar-refractivity contribution in [3.8, 4) is 0 Å². The molecule has 0 aromatic rings. The molecule has 13 heavy (non-hydrogen) atoms. The summed E-state index contributed by atoms with van der Waals surface area (Å²) in [7, 11) is 26.0. The summed E-state index contributed by atoms with van der Waals surface area (Å²) in [4.78, 5) is 2.19. The minimum Gasteiger partial charge on any atom is -0.306 e. The van der Waals surface area contributed by atoms with Crippen LogP contribution in [-0.2, 0) is 0 Å². The van der Waals surface area contributed by atoms with Gasteiger partial charge in [0.15, 0.2) is 0 Å². The highest BCUT2D eigenvalue weighted by Gasteiger charge is 2.53. The Bertz CT molecular complexity index is 206. The summed E-state index contributed by atoms with van der Waals surface area (Å²) in [5.74, 6) is 0.486. The number of rotatable bonds is 0. The molecule has 2 rings (SSSR count). The molecular weight excluding hydrogens is 153 g/mol. The quantitative estimate of drug-likeness (QED) is 0.435. The Morgan fingerprint density at radius 3 is 1.77 bits per heavy atom. The molecule has 1 heterocycles. The summed E-state index contributed by atoms with van der Waals surface area (Å²) in [6.07, 6.45) is 0.517. The van der Waals surface area contributed by atoms with E-state index in [0.717, 1.165) is 13.1 Å². The molecule has 1 aliphatic carbocycles. The SMILES string of the molecule is [B]C1([B])CC([B])([B])C2CN(C)CC21. The second kappa shape index (κ2) is 2.62. The Hall–Kier alpha value is 0.220. The fourth-order valence-corrected chi connectivity index (χ4v) is 2.88. The van der Waals surface area contributed by atoms with Crippen molar-refractivity contribution < 1.29 is 0 Å². The van der Waals surface area contributed by atoms with E-state index >= 15 is 0 Å². The molecule has 0 spiro atoms. The highest BCUT2D eigenvalue weighted by molar-refractivity contribution is 6.45. The molecule has 0 aromatic carbocycles. The van der Waals surface area contributed by atoms with E-state index in [-0.39, 0.29) is 11.8 Å². The molecule has 1 aliphatic heterocycles. The zero-order chi connectivity index (χ0) is 9.85. The number of likely N-dealkylation sites (tertiary alicyclic amines) is 1. The maximum absolute atomic E-state index is 5.99. The largest absolute Gasteiger partial charge is 0.306 e. The van der Waals surface area contributed by atoms with Gasteiger partial charge in [0.25, 0.3) is 0 Å². The summed E-state index contributed by atoms with van der Waals surface area (Å²) in [5, 5.41) is -1.36. The first-order valence-corrected chi connectivity index (χ1v) is 4.67. The van der Waals surface area contributed by atoms with Crippen LogP contribution in [0.4, 0.5) is 0 Å². The third-order valence-corrected chi connectivity index (χ3v) is 3.50. The normalized spacial score (nSPS) is 41.9. The smallest absolute Gasteiger partial charge is 0.0624 e. The Labute approximate surface area is 85.6 Å². The summed E-state index contributed by atoms with van der Waals surface area (Å²) in [6.45, 7) is 1.82. The van der Waals surface area contributed by atoms with E-state index in [1.54, 1.807) is 0 Å². The van der Waals surface area contributed by atoms with Gasteiger partial charge in [0, 0.05) is 13.1 Å². The summed E-state index contributed by atoms with van der Waals surface area (Å²) in [5.41, 5.74) is 0. The van der Waals surface area contributed by atoms with Crippen molar-refractivity contribution in [3.05, 3.63) is 0 Å². The molecule has 1 nitrogen and oxygen atoms in total. The third kappa shape index (κ3) is 1.40. The van der Waals surface area contributed by atoms with Crippen LogP contribution >= 0.6 is 0 Å². The fourth-order valence-electron chi connectivity index (χ4n) is 2.88. The van der Waals surface area contributed by atoms with Crippen LogP contribution in [0.25, 0.3) is 0 Å². The topological polar surface area (TPSA) is 3.24 Å². The number of hydrogen-bond acceptors (Lipinski definition) is 1. The van der Waals surface area contributed by atoms with E-state index in [0.29, 0.717) is 6.42 Å². The van der Waals surface area contributed by atoms with E-state index in [1.165, 1.54) is 0 Å². The maximum atomic E-state index is 5.99. The minimum absolute atomic E-state index is 0.243. The monoisotopic (exact) mass is 165 g/mol. The van der Waals surface area contributed by atoms with E-state index in [9.17, 15) is 0 Å². The van der Waals surface area contributed by atoms with Crippen LogP contribution in [0.1, 0.15) is 6.42 Å². The van der Waals surface area contributed by atoms with E-state index < -0.39 is 10.4 Å². The minimum atomic E-state index is -0.682. The van der Waals surface area contributed by atoms with Crippen LogP contribution in [0.5, 0.6) is 0 Å². The van der Waals surface area contributed by atoms with E-state index in [2.05, 4.69) is 4.90 Å². The van der Waals surface area contributed by atoms with Crippen LogP contribution in [-0.4, -0.2) is 56.4 Å². The Morgan fingerprint density at radius 2 is 1.38 bits per heavy atom. The number of hydrogen-bond donors (Lipinski definition) is 0. The van der Waals surface area contributed by atoms with Crippen molar-refractivity contribution in [3.63, 3.8) is 0 Å². The molecule has 2 atom stereocenters. The lowest BCUT2D eigenvalue weighted by atomic mass is 9.45. The predicted octanol–water partition coefficient (Wildman–Crippen LogP) is -0.526. The van der Waals surface area contributed by atoms with E-state index in [4.69, 9.17) is 31.4 Å². The van der Waals surface area contributed by atoms with Crippen LogP contribution in [0, 0.1) is 11.8 Å². The van der Waals surface area contributed by atoms with Crippen molar-refractivity contribution in [2.24, 2.45) is 11.8 Å². The van der Waals surface area contributed by atoms with Crippen molar-refractivity contribution in [2.45, 2.75) is 16.8 Å². The Balaban J connectivity index is 2.28. The molecule has 0 aromatic heterocycles. The van der Waals surface area contributed by atoms with Crippen molar-refractivity contribution in [1.82, 2.24) is 4.90 Å². The van der Waals surface area contributed by atoms with Crippen molar-refractivity contribution in [2.75, 3.05) is 20.1 Å². The molecule has 0 amide bonds. The zero-order valence-electron chi connectivity index (χ0n) is 8.03. The molecule has 2 fully saturated rings. The van der Waals surface area contributed by atoms with Crippen LogP contribution in [0.15, 0.2) is 0 Å². The number of nitrogens with zero attached hydrogens (tertiary/aromatic N) is 1. The average Bonchev–Trinajstić information content (AvgIpc) is 2.34. The van der Waals surface area contributed by atoms with Crippen molar-refractivity contribution >= 4 is 31.4 Å². The lowest BCUT2D eigenvalue weighted by molar-refractivity contribution is 0.370. The molecule has 1 saturated heterocycles. The average molecular weight is 164 g/mol. The lowest BCUT2D eigenvalue weighted by Gasteiger charge is -2.29. The van der Waals surface area contributed by atoms with Crippen LogP contribution in [0.2, 0.25) is 10.4 Å². The highest BCUT2D eigenvalue weighted by Crippen LogP contribution is 2.61. The second-order valence-corrected chi connectivity index (χ2v) is 4.84. The van der Waals surface area contributed by atoms with Gasteiger partial charge in [-0.3, -0.25) is 0 Å². The predicted molar refractivity (Wildman–Crippen MR) is 57.5 cm³/mol. The third-order valence-electron chi connectivity index (χ3n) is 3.50. The molecule has 2 unspecified atom stereocenters. The first kappa shape index (κ1) is 9.76. The highest BCUT2D eigenvalue weighted by atomic mass is 15.1. The maximum Gasteiger partial charge on any atom is 0.0624 e. The van der Waals surface area contributed by atoms with Crippen LogP contribution < -0.4 is 0 Å². The molecule has 8 radical (unpaired) electrons. The Morgan fingerprint density at radius 1 is 1.00 bits per heavy atom. The van der Waals surface area contributed by atoms with Gasteiger partial charge in [0.05, 0.1) is 31.4 Å². The van der Waals surface area contributed by atoms with Gasteiger partial charge < -0.3 is 4.90 Å². The van der Waals surface area contributed by atoms with Gasteiger partial charge >= 0.3 is 0 Å². The Kier molecular flexibility index (Phi) is 1.97. The van der Waals surface area contributed by atoms with Crippen molar-refractivity contribution in [1.29, 1.82) is 0 Å². The van der Waals surface area contributed by atoms with Gasteiger partial charge in [-0.15, -0.1) is 0 Å². The van der Waals surface area contributed by atoms with Gasteiger partial charge in [-0.1, -0.05) is 16.8 Å². The standard InChI is InChI=1S/C8H11B4N/c1-13-2-5-6(3-13)8(11,12)4-7(5,9)10/h5-6H,2-4H2,1H3. The zero-order valence-corrected chi connectivity index (χ0v) is 8.03. The first-order valence-electron chi connectivity index (χ1n) is 4.67. The summed E-state index contributed by atoms with van der Waals surface area (Å²) in [6, 6.07) is 0. The lowest BCUT2D eigenvalue weighted by Crippen LogP contribution is -2.25. The molecular formula is C8H11B4N. The first-order chi connectivity index (χ1) is 5.83. The van der Waals surface area contributed by atoms with Gasteiger partial charge in [-0.2, -0.15) is 0 Å². The van der Waals surface area contributed by atoms with Gasteiger partial charge in [-0.05, 0) is 18.9 Å². The summed E-state index contributed by atoms with van der Waals surface area (Å²) < 4.78 is 0. The van der Waals surface area contributed by atoms with Gasteiger partial charge in [-0.25, -0.2) is 0 Å². The van der Waals surface area contributed by atoms with Crippen LogP contribution in [0.3, 0.4) is 0 Å². The van der Waals surface area contributed by atoms with Gasteiger partial charge in [0.2, 0.25) is 0 Å². The molecule has 0 N–H and O–H groups in total. The number of fused-ring (bicyclic) bond motifs is 1. The molecule has 1 saturated carbocycles. The second-order valence-electron chi connectivity index (χ2n) is 4.84. The molecule has 5 heteroatoms. The summed E-state index contributed by atoms with van der Waals surface area (Å²) >= 11 is 0. The molecule has 2 aliphatic rings. The fraction of sp³-hybridized carbons (Fsp3) is 1.00. The van der Waals surface area contributed by atoms with E-state index in [1.807, 2.05) is 7.05 Å².